The lowest BCUT2D eigenvalue weighted by Crippen LogP contribution is -2.31. The van der Waals surface area contributed by atoms with E-state index in [1.807, 2.05) is 37.6 Å². The van der Waals surface area contributed by atoms with Crippen LogP contribution >= 0.6 is 0 Å². The van der Waals surface area contributed by atoms with E-state index in [4.69, 9.17) is 13.5 Å². The van der Waals surface area contributed by atoms with Crippen LogP contribution in [0.15, 0.2) is 53.1 Å². The van der Waals surface area contributed by atoms with Crippen LogP contribution in [0, 0.1) is 27.6 Å². The lowest BCUT2D eigenvalue weighted by Gasteiger charge is -2.07. The predicted octanol–water partition coefficient (Wildman–Crippen LogP) is 5.86. The van der Waals surface area contributed by atoms with Gasteiger partial charge in [0.2, 0.25) is 5.69 Å². The van der Waals surface area contributed by atoms with Crippen molar-refractivity contribution in [2.24, 2.45) is 7.05 Å². The number of fused-ring (bicyclic) bond motifs is 4. The average molecular weight is 370 g/mol. The normalized spacial score (nSPS) is 13.8. The Morgan fingerprint density at radius 3 is 2.64 bits per heavy atom. The maximum atomic E-state index is 7.81. The highest BCUT2D eigenvalue weighted by atomic mass is 16.3. The van der Waals surface area contributed by atoms with Gasteiger partial charge in [-0.05, 0) is 62.5 Å². The van der Waals surface area contributed by atoms with Crippen molar-refractivity contribution in [2.45, 2.75) is 27.6 Å². The summed E-state index contributed by atoms with van der Waals surface area (Å²) < 4.78 is 31.7. The standard InChI is InChI=1S/C25H23N2O/c1-14-6-8-18-12-22-24(26-20(18)10-14)19-9-7-15(2)23(25(19)28-22)21-11-16(3)17(4)13-27(21)5/h6-13H,1-5H3/q+1/i4D3. The molecule has 3 aromatic heterocycles. The van der Waals surface area contributed by atoms with E-state index in [-0.39, 0.29) is 0 Å². The van der Waals surface area contributed by atoms with Gasteiger partial charge < -0.3 is 4.42 Å². The molecule has 2 aromatic carbocycles. The molecular formula is C25H23N2O+. The van der Waals surface area contributed by atoms with E-state index in [0.717, 1.165) is 55.4 Å². The number of hydrogen-bond donors (Lipinski definition) is 0. The number of aryl methyl sites for hydroxylation is 5. The minimum absolute atomic E-state index is 0.358. The molecule has 0 N–H and O–H groups in total. The summed E-state index contributed by atoms with van der Waals surface area (Å²) in [6.45, 7) is 3.80. The molecule has 0 radical (unpaired) electrons. The molecule has 28 heavy (non-hydrogen) atoms. The maximum absolute atomic E-state index is 7.81. The summed E-state index contributed by atoms with van der Waals surface area (Å²) in [5.74, 6) is 0. The molecule has 0 atom stereocenters. The van der Waals surface area contributed by atoms with Crippen LogP contribution in [0.1, 0.15) is 26.4 Å². The third-order valence-electron chi connectivity index (χ3n) is 5.51. The molecule has 0 aliphatic rings. The second-order valence-electron chi connectivity index (χ2n) is 7.63. The van der Waals surface area contributed by atoms with E-state index in [9.17, 15) is 0 Å². The molecule has 3 heteroatoms. The first-order valence-corrected chi connectivity index (χ1v) is 9.38. The van der Waals surface area contributed by atoms with E-state index in [2.05, 4.69) is 37.3 Å². The van der Waals surface area contributed by atoms with Crippen molar-refractivity contribution in [3.8, 4) is 11.3 Å². The molecule has 0 amide bonds. The van der Waals surface area contributed by atoms with Gasteiger partial charge in [-0.25, -0.2) is 9.55 Å². The maximum Gasteiger partial charge on any atom is 0.216 e. The lowest BCUT2D eigenvalue weighted by molar-refractivity contribution is -0.660. The Balaban J connectivity index is 1.83. The number of furan rings is 1. The average Bonchev–Trinajstić information content (AvgIpc) is 3.04. The van der Waals surface area contributed by atoms with E-state index < -0.39 is 6.85 Å². The lowest BCUT2D eigenvalue weighted by atomic mass is 9.99. The Labute approximate surface area is 168 Å². The molecule has 0 saturated heterocycles. The summed E-state index contributed by atoms with van der Waals surface area (Å²) in [7, 11) is 1.88. The molecule has 138 valence electrons. The van der Waals surface area contributed by atoms with Gasteiger partial charge in [0.1, 0.15) is 12.6 Å². The Morgan fingerprint density at radius 1 is 0.964 bits per heavy atom. The Bertz CT molecular complexity index is 1510. The highest BCUT2D eigenvalue weighted by Gasteiger charge is 2.22. The number of pyridine rings is 2. The van der Waals surface area contributed by atoms with Gasteiger partial charge in [-0.15, -0.1) is 0 Å². The number of benzene rings is 2. The van der Waals surface area contributed by atoms with Crippen LogP contribution in [0.25, 0.3) is 44.2 Å². The molecule has 0 fully saturated rings. The van der Waals surface area contributed by atoms with Gasteiger partial charge in [-0.3, -0.25) is 0 Å². The van der Waals surface area contributed by atoms with Crippen molar-refractivity contribution < 1.29 is 13.1 Å². The quantitative estimate of drug-likeness (QED) is 0.346. The molecule has 5 aromatic rings. The predicted molar refractivity (Wildman–Crippen MR) is 115 cm³/mol. The number of aromatic nitrogens is 2. The van der Waals surface area contributed by atoms with Crippen LogP contribution in [0.2, 0.25) is 0 Å². The van der Waals surface area contributed by atoms with Crippen LogP contribution in [0.5, 0.6) is 0 Å². The summed E-state index contributed by atoms with van der Waals surface area (Å²) in [5.41, 5.74) is 8.49. The Morgan fingerprint density at radius 2 is 1.82 bits per heavy atom. The zero-order valence-corrected chi connectivity index (χ0v) is 16.4. The molecule has 3 nitrogen and oxygen atoms in total. The minimum atomic E-state index is -2.15. The molecule has 0 saturated carbocycles. The summed E-state index contributed by atoms with van der Waals surface area (Å²) in [6, 6.07) is 14.3. The fraction of sp³-hybridized carbons (Fsp3) is 0.200. The molecule has 0 aliphatic heterocycles. The van der Waals surface area contributed by atoms with Gasteiger partial charge in [0.15, 0.2) is 17.4 Å². The summed E-state index contributed by atoms with van der Waals surface area (Å²) >= 11 is 0. The minimum Gasteiger partial charge on any atom is -0.453 e. The van der Waals surface area contributed by atoms with E-state index in [1.165, 1.54) is 5.56 Å². The van der Waals surface area contributed by atoms with Crippen LogP contribution in [-0.2, 0) is 7.05 Å². The third kappa shape index (κ3) is 2.43. The zero-order chi connectivity index (χ0) is 22.1. The fourth-order valence-electron chi connectivity index (χ4n) is 3.93. The topological polar surface area (TPSA) is 29.9 Å². The SMILES string of the molecule is [2H]C([2H])([2H])c1c[n+](C)c(-c2c(C)ccc3c2oc2cc4ccc(C)cc4nc23)cc1C. The van der Waals surface area contributed by atoms with Gasteiger partial charge in [0.25, 0.3) is 0 Å². The summed E-state index contributed by atoms with van der Waals surface area (Å²) in [6.07, 6.45) is 1.70. The number of hydrogen-bond acceptors (Lipinski definition) is 2. The largest absolute Gasteiger partial charge is 0.453 e. The molecule has 0 aliphatic carbocycles. The summed E-state index contributed by atoms with van der Waals surface area (Å²) in [5, 5.41) is 2.00. The van der Waals surface area contributed by atoms with Crippen molar-refractivity contribution in [3.05, 3.63) is 70.9 Å². The van der Waals surface area contributed by atoms with Gasteiger partial charge in [0.05, 0.1) is 11.1 Å². The Hall–Kier alpha value is -3.20. The van der Waals surface area contributed by atoms with Crippen LogP contribution in [0.3, 0.4) is 0 Å². The zero-order valence-electron chi connectivity index (χ0n) is 19.4. The fourth-order valence-corrected chi connectivity index (χ4v) is 3.93. The van der Waals surface area contributed by atoms with Crippen molar-refractivity contribution in [1.29, 1.82) is 0 Å². The van der Waals surface area contributed by atoms with Gasteiger partial charge >= 0.3 is 0 Å². The van der Waals surface area contributed by atoms with Crippen LogP contribution in [0.4, 0.5) is 0 Å². The van der Waals surface area contributed by atoms with Crippen molar-refractivity contribution in [2.75, 3.05) is 0 Å². The smallest absolute Gasteiger partial charge is 0.216 e. The first kappa shape index (κ1) is 13.9. The molecule has 0 unspecified atom stereocenters. The third-order valence-corrected chi connectivity index (χ3v) is 5.51. The van der Waals surface area contributed by atoms with Crippen LogP contribution < -0.4 is 4.57 Å². The number of nitrogens with zero attached hydrogens (tertiary/aromatic N) is 2. The Kier molecular flexibility index (Phi) is 2.93. The van der Waals surface area contributed by atoms with E-state index in [0.29, 0.717) is 5.56 Å². The summed E-state index contributed by atoms with van der Waals surface area (Å²) in [4.78, 5) is 4.90. The molecule has 0 spiro atoms. The number of rotatable bonds is 1. The van der Waals surface area contributed by atoms with Crippen molar-refractivity contribution in [3.63, 3.8) is 0 Å². The van der Waals surface area contributed by atoms with Crippen LogP contribution in [-0.4, -0.2) is 4.98 Å². The molecule has 0 bridgehead atoms. The molecule has 5 rings (SSSR count). The van der Waals surface area contributed by atoms with Gasteiger partial charge in [-0.2, -0.15) is 0 Å². The van der Waals surface area contributed by atoms with E-state index in [1.54, 1.807) is 6.20 Å². The monoisotopic (exact) mass is 370 g/mol. The molecular weight excluding hydrogens is 344 g/mol. The second-order valence-corrected chi connectivity index (χ2v) is 7.63. The van der Waals surface area contributed by atoms with Gasteiger partial charge in [0, 0.05) is 26.5 Å². The highest BCUT2D eigenvalue weighted by molar-refractivity contribution is 6.10. The first-order valence-electron chi connectivity index (χ1n) is 10.9. The second kappa shape index (κ2) is 5.90. The first-order chi connectivity index (χ1) is 14.6. The highest BCUT2D eigenvalue weighted by Crippen LogP contribution is 2.37. The van der Waals surface area contributed by atoms with Crippen molar-refractivity contribution in [1.82, 2.24) is 4.98 Å². The van der Waals surface area contributed by atoms with E-state index >= 15 is 0 Å². The van der Waals surface area contributed by atoms with Crippen molar-refractivity contribution >= 4 is 33.0 Å². The molecule has 3 heterocycles. The van der Waals surface area contributed by atoms with Gasteiger partial charge in [-0.1, -0.05) is 18.2 Å².